The first-order valence-electron chi connectivity index (χ1n) is 10.3. The molecule has 0 radical (unpaired) electrons. The summed E-state index contributed by atoms with van der Waals surface area (Å²) < 4.78 is 34.0. The first-order valence-corrected chi connectivity index (χ1v) is 10.3. The summed E-state index contributed by atoms with van der Waals surface area (Å²) in [5.41, 5.74) is 3.11. The number of halogens is 2. The Kier molecular flexibility index (Phi) is 3.38. The maximum atomic E-state index is 14.3. The topological polar surface area (TPSA) is 97.8 Å². The van der Waals surface area contributed by atoms with Gasteiger partial charge in [-0.25, -0.2) is 18.7 Å². The normalized spacial score (nSPS) is 26.4. The van der Waals surface area contributed by atoms with Crippen molar-refractivity contribution in [3.63, 3.8) is 0 Å². The van der Waals surface area contributed by atoms with E-state index in [4.69, 9.17) is 9.40 Å². The monoisotopic (exact) mass is 431 g/mol. The highest BCUT2D eigenvalue weighted by molar-refractivity contribution is 5.66. The molecule has 7 nitrogen and oxygen atoms in total. The smallest absolute Gasteiger partial charge is 0.246 e. The van der Waals surface area contributed by atoms with Crippen LogP contribution in [0.1, 0.15) is 35.0 Å². The molecule has 0 bridgehead atoms. The number of aliphatic hydroxyl groups is 1. The number of fused-ring (bicyclic) bond motifs is 4. The van der Waals surface area contributed by atoms with Gasteiger partial charge in [0, 0.05) is 6.20 Å². The molecule has 4 aromatic rings. The molecule has 0 spiro atoms. The van der Waals surface area contributed by atoms with Gasteiger partial charge in [-0.3, -0.25) is 4.98 Å². The molecule has 0 saturated heterocycles. The first kappa shape index (κ1) is 18.0. The van der Waals surface area contributed by atoms with Gasteiger partial charge in [0.1, 0.15) is 29.3 Å². The van der Waals surface area contributed by atoms with E-state index in [0.29, 0.717) is 29.1 Å². The molecule has 0 aliphatic heterocycles. The quantitative estimate of drug-likeness (QED) is 0.529. The van der Waals surface area contributed by atoms with Gasteiger partial charge in [-0.2, -0.15) is 5.10 Å². The zero-order valence-corrected chi connectivity index (χ0v) is 16.5. The van der Waals surface area contributed by atoms with Crippen LogP contribution in [0.5, 0.6) is 0 Å². The molecule has 3 aliphatic rings. The summed E-state index contributed by atoms with van der Waals surface area (Å²) in [6.45, 7) is -0.222. The van der Waals surface area contributed by atoms with E-state index < -0.39 is 17.0 Å². The van der Waals surface area contributed by atoms with Gasteiger partial charge in [0.25, 0.3) is 0 Å². The Morgan fingerprint density at radius 1 is 1.09 bits per heavy atom. The number of aromatic nitrogens is 5. The van der Waals surface area contributed by atoms with Crippen LogP contribution >= 0.6 is 0 Å². The lowest BCUT2D eigenvalue weighted by Crippen LogP contribution is -2.41. The minimum absolute atomic E-state index is 0.153. The van der Waals surface area contributed by atoms with E-state index in [2.05, 4.69) is 20.2 Å². The van der Waals surface area contributed by atoms with E-state index in [1.54, 1.807) is 18.5 Å². The standard InChI is InChI=1S/C23H15F2N5O2/c24-13-2-1-3-14(25)19(13)15-4-11-18-12-5-23(20(12)18,21(11)30-29-15)17-7-26-6-16(28-17)22-27-10(8-31)9-32-22/h1-4,6-7,9,12,18,20,31H,5,8H2/t12?,18-,20?,23-/m1/s1. The Labute approximate surface area is 180 Å². The summed E-state index contributed by atoms with van der Waals surface area (Å²) in [6, 6.07) is 5.55. The van der Waals surface area contributed by atoms with Crippen LogP contribution in [-0.4, -0.2) is 30.3 Å². The molecule has 7 rings (SSSR count). The van der Waals surface area contributed by atoms with Crippen molar-refractivity contribution in [2.24, 2.45) is 11.8 Å². The number of benzene rings is 1. The molecule has 9 heteroatoms. The number of aliphatic hydroxyl groups excluding tert-OH is 1. The van der Waals surface area contributed by atoms with Crippen LogP contribution in [0.3, 0.4) is 0 Å². The van der Waals surface area contributed by atoms with Gasteiger partial charge in [-0.15, -0.1) is 5.10 Å². The molecule has 2 unspecified atom stereocenters. The Bertz CT molecular complexity index is 1400. The summed E-state index contributed by atoms with van der Waals surface area (Å²) in [5.74, 6) is 0.125. The van der Waals surface area contributed by atoms with Crippen molar-refractivity contribution < 1.29 is 18.3 Å². The van der Waals surface area contributed by atoms with Crippen LogP contribution in [0, 0.1) is 23.5 Å². The van der Waals surface area contributed by atoms with Gasteiger partial charge >= 0.3 is 0 Å². The van der Waals surface area contributed by atoms with Crippen molar-refractivity contribution in [2.75, 3.05) is 0 Å². The van der Waals surface area contributed by atoms with Crippen molar-refractivity contribution in [1.82, 2.24) is 25.1 Å². The van der Waals surface area contributed by atoms with Gasteiger partial charge in [0.2, 0.25) is 5.89 Å². The second kappa shape index (κ2) is 6.01. The molecular formula is C23H15F2N5O2. The van der Waals surface area contributed by atoms with Crippen molar-refractivity contribution in [1.29, 1.82) is 0 Å². The minimum Gasteiger partial charge on any atom is -0.443 e. The maximum Gasteiger partial charge on any atom is 0.246 e. The lowest BCUT2D eigenvalue weighted by molar-refractivity contribution is 0.259. The van der Waals surface area contributed by atoms with Gasteiger partial charge in [0.05, 0.1) is 40.9 Å². The van der Waals surface area contributed by atoms with Crippen LogP contribution in [0.15, 0.2) is 47.3 Å². The first-order chi connectivity index (χ1) is 15.6. The van der Waals surface area contributed by atoms with E-state index in [1.807, 2.05) is 0 Å². The highest BCUT2D eigenvalue weighted by atomic mass is 19.1. The summed E-state index contributed by atoms with van der Waals surface area (Å²) in [6.07, 6.45) is 5.58. The van der Waals surface area contributed by atoms with Crippen molar-refractivity contribution in [3.05, 3.63) is 77.2 Å². The molecule has 2 saturated carbocycles. The van der Waals surface area contributed by atoms with Gasteiger partial charge < -0.3 is 9.52 Å². The molecule has 158 valence electrons. The number of nitrogens with zero attached hydrogens (tertiary/aromatic N) is 5. The van der Waals surface area contributed by atoms with Crippen molar-refractivity contribution >= 4 is 0 Å². The van der Waals surface area contributed by atoms with Crippen molar-refractivity contribution in [2.45, 2.75) is 24.4 Å². The average Bonchev–Trinajstić information content (AvgIpc) is 3.10. The molecule has 3 aromatic heterocycles. The third-order valence-electron chi connectivity index (χ3n) is 7.14. The number of hydrogen-bond donors (Lipinski definition) is 1. The Morgan fingerprint density at radius 2 is 1.94 bits per heavy atom. The molecular weight excluding hydrogens is 416 g/mol. The van der Waals surface area contributed by atoms with E-state index in [0.717, 1.165) is 23.4 Å². The molecule has 2 fully saturated rings. The summed E-state index contributed by atoms with van der Waals surface area (Å²) in [5, 5.41) is 17.9. The number of oxazole rings is 1. The van der Waals surface area contributed by atoms with E-state index in [-0.39, 0.29) is 23.8 Å². The third-order valence-corrected chi connectivity index (χ3v) is 7.14. The molecule has 3 aliphatic carbocycles. The molecule has 1 aromatic carbocycles. The Hall–Kier alpha value is -3.59. The van der Waals surface area contributed by atoms with Crippen LogP contribution in [0.2, 0.25) is 0 Å². The van der Waals surface area contributed by atoms with Gasteiger partial charge in [-0.1, -0.05) is 6.07 Å². The minimum atomic E-state index is -0.656. The summed E-state index contributed by atoms with van der Waals surface area (Å²) in [4.78, 5) is 13.4. The molecule has 1 N–H and O–H groups in total. The highest BCUT2D eigenvalue weighted by Crippen LogP contribution is 2.82. The fourth-order valence-electron chi connectivity index (χ4n) is 5.78. The second-order valence-electron chi connectivity index (χ2n) is 8.61. The lowest BCUT2D eigenvalue weighted by atomic mass is 9.64. The van der Waals surface area contributed by atoms with Crippen LogP contribution in [0.25, 0.3) is 22.8 Å². The number of rotatable bonds is 4. The summed E-state index contributed by atoms with van der Waals surface area (Å²) in [7, 11) is 0. The van der Waals surface area contributed by atoms with Crippen LogP contribution in [-0.2, 0) is 12.0 Å². The molecule has 4 atom stereocenters. The highest BCUT2D eigenvalue weighted by Gasteiger charge is 2.79. The van der Waals surface area contributed by atoms with Crippen LogP contribution in [0.4, 0.5) is 8.78 Å². The van der Waals surface area contributed by atoms with Crippen molar-refractivity contribution in [3.8, 4) is 22.8 Å². The fourth-order valence-corrected chi connectivity index (χ4v) is 5.78. The SMILES string of the molecule is OCc1coc(-c2cncc([C@]34CC5C3[C@@H]5c3cc(-c5c(F)cccc5F)nnc34)n2)n1. The van der Waals surface area contributed by atoms with Gasteiger partial charge in [-0.05, 0) is 47.9 Å². The second-order valence-corrected chi connectivity index (χ2v) is 8.61. The average molecular weight is 431 g/mol. The van der Waals surface area contributed by atoms with Gasteiger partial charge in [0.15, 0.2) is 0 Å². The fraction of sp³-hybridized carbons (Fsp3) is 0.261. The van der Waals surface area contributed by atoms with E-state index in [9.17, 15) is 13.9 Å². The third kappa shape index (κ3) is 2.13. The zero-order valence-electron chi connectivity index (χ0n) is 16.5. The maximum absolute atomic E-state index is 14.3. The lowest BCUT2D eigenvalue weighted by Gasteiger charge is -2.40. The van der Waals surface area contributed by atoms with E-state index >= 15 is 0 Å². The Morgan fingerprint density at radius 3 is 2.72 bits per heavy atom. The van der Waals surface area contributed by atoms with E-state index in [1.165, 1.54) is 24.5 Å². The molecule has 3 heterocycles. The Balaban J connectivity index is 1.33. The molecule has 0 amide bonds. The predicted molar refractivity (Wildman–Crippen MR) is 106 cm³/mol. The molecule has 32 heavy (non-hydrogen) atoms. The number of hydrogen-bond acceptors (Lipinski definition) is 7. The van der Waals surface area contributed by atoms with Crippen LogP contribution < -0.4 is 0 Å². The zero-order chi connectivity index (χ0) is 21.6. The summed E-state index contributed by atoms with van der Waals surface area (Å²) >= 11 is 0. The largest absolute Gasteiger partial charge is 0.443 e. The predicted octanol–water partition coefficient (Wildman–Crippen LogP) is 3.39.